The van der Waals surface area contributed by atoms with Crippen molar-refractivity contribution in [2.45, 2.75) is 13.8 Å². The van der Waals surface area contributed by atoms with Crippen LogP contribution in [-0.4, -0.2) is 24.7 Å². The van der Waals surface area contributed by atoms with Gasteiger partial charge in [0.2, 0.25) is 0 Å². The van der Waals surface area contributed by atoms with Crippen molar-refractivity contribution in [3.63, 3.8) is 0 Å². The van der Waals surface area contributed by atoms with E-state index in [0.29, 0.717) is 0 Å². The molecule has 0 unspecified atom stereocenters. The fraction of sp³-hybridized carbons (Fsp3) is 0.500. The molecule has 0 radical (unpaired) electrons. The second-order valence-corrected chi connectivity index (χ2v) is 5.44. The third kappa shape index (κ3) is 2.57. The second kappa shape index (κ2) is 4.74. The van der Waals surface area contributed by atoms with Crippen molar-refractivity contribution in [2.75, 3.05) is 25.1 Å². The Kier molecular flexibility index (Phi) is 3.45. The van der Waals surface area contributed by atoms with E-state index in [-0.39, 0.29) is 16.1 Å². The van der Waals surface area contributed by atoms with Crippen LogP contribution in [0.5, 0.6) is 0 Å². The summed E-state index contributed by atoms with van der Waals surface area (Å²) >= 11 is 5.89. The lowest BCUT2D eigenvalue weighted by atomic mass is 9.88. The quantitative estimate of drug-likeness (QED) is 0.675. The number of aryl methyl sites for hydroxylation is 1. The van der Waals surface area contributed by atoms with Gasteiger partial charge in [0.25, 0.3) is 5.69 Å². The molecule has 0 atom stereocenters. The number of nitrogens with zero attached hydrogens (tertiary/aromatic N) is 1. The summed E-state index contributed by atoms with van der Waals surface area (Å²) in [4.78, 5) is 10.3. The average molecular weight is 271 g/mol. The minimum Gasteiger partial charge on any atom is -0.384 e. The third-order valence-corrected chi connectivity index (χ3v) is 3.40. The van der Waals surface area contributed by atoms with Crippen LogP contribution in [0.3, 0.4) is 0 Å². The van der Waals surface area contributed by atoms with Gasteiger partial charge in [0.1, 0.15) is 5.02 Å². The predicted molar refractivity (Wildman–Crippen MR) is 70.3 cm³/mol. The minimum atomic E-state index is -0.472. The molecule has 18 heavy (non-hydrogen) atoms. The Balaban J connectivity index is 2.13. The molecule has 5 nitrogen and oxygen atoms in total. The topological polar surface area (TPSA) is 64.4 Å². The Hall–Kier alpha value is -1.33. The summed E-state index contributed by atoms with van der Waals surface area (Å²) in [5.41, 5.74) is 1.73. The summed E-state index contributed by atoms with van der Waals surface area (Å²) < 4.78 is 5.18. The number of nitro groups is 1. The van der Waals surface area contributed by atoms with Gasteiger partial charge in [0.15, 0.2) is 0 Å². The summed E-state index contributed by atoms with van der Waals surface area (Å²) in [6, 6.07) is 3.10. The Labute approximate surface area is 110 Å². The molecule has 98 valence electrons. The zero-order valence-electron chi connectivity index (χ0n) is 10.3. The lowest BCUT2D eigenvalue weighted by Crippen LogP contribution is -2.45. The summed E-state index contributed by atoms with van der Waals surface area (Å²) in [7, 11) is 0. The lowest BCUT2D eigenvalue weighted by Gasteiger charge is -2.38. The van der Waals surface area contributed by atoms with Gasteiger partial charge in [-0.15, -0.1) is 0 Å². The van der Waals surface area contributed by atoms with Gasteiger partial charge < -0.3 is 10.1 Å². The van der Waals surface area contributed by atoms with E-state index in [1.165, 1.54) is 6.07 Å². The van der Waals surface area contributed by atoms with E-state index in [9.17, 15) is 10.1 Å². The first-order valence-corrected chi connectivity index (χ1v) is 6.05. The van der Waals surface area contributed by atoms with Gasteiger partial charge in [0.05, 0.1) is 18.1 Å². The molecule has 2 rings (SSSR count). The van der Waals surface area contributed by atoms with Crippen molar-refractivity contribution in [2.24, 2.45) is 5.41 Å². The van der Waals surface area contributed by atoms with Crippen LogP contribution in [0.2, 0.25) is 5.02 Å². The zero-order valence-corrected chi connectivity index (χ0v) is 11.1. The van der Waals surface area contributed by atoms with Crippen molar-refractivity contribution in [1.29, 1.82) is 0 Å². The van der Waals surface area contributed by atoms with Crippen LogP contribution in [-0.2, 0) is 4.74 Å². The van der Waals surface area contributed by atoms with Gasteiger partial charge in [0, 0.05) is 23.7 Å². The Morgan fingerprint density at radius 1 is 1.56 bits per heavy atom. The molecule has 0 saturated carbocycles. The Morgan fingerprint density at radius 3 is 2.72 bits per heavy atom. The number of nitrogens with one attached hydrogen (secondary N) is 1. The van der Waals surface area contributed by atoms with Crippen LogP contribution in [0.25, 0.3) is 0 Å². The van der Waals surface area contributed by atoms with Gasteiger partial charge in [-0.3, -0.25) is 10.1 Å². The average Bonchev–Trinajstić information content (AvgIpc) is 2.27. The van der Waals surface area contributed by atoms with Crippen LogP contribution in [0, 0.1) is 22.5 Å². The number of anilines is 1. The number of hydrogen-bond acceptors (Lipinski definition) is 4. The summed E-state index contributed by atoms with van der Waals surface area (Å²) in [5, 5.41) is 14.2. The van der Waals surface area contributed by atoms with Crippen LogP contribution in [0.1, 0.15) is 12.5 Å². The maximum Gasteiger partial charge on any atom is 0.288 e. The molecule has 0 amide bonds. The van der Waals surface area contributed by atoms with Gasteiger partial charge in [-0.05, 0) is 18.6 Å². The van der Waals surface area contributed by atoms with E-state index in [4.69, 9.17) is 16.3 Å². The molecule has 1 aliphatic heterocycles. The summed E-state index contributed by atoms with van der Waals surface area (Å²) in [6.45, 7) is 6.19. The molecule has 6 heteroatoms. The number of nitro benzene ring substituents is 1. The summed E-state index contributed by atoms with van der Waals surface area (Å²) in [6.07, 6.45) is 0. The molecule has 0 aromatic heterocycles. The van der Waals surface area contributed by atoms with Gasteiger partial charge in [-0.25, -0.2) is 0 Å². The van der Waals surface area contributed by atoms with Crippen molar-refractivity contribution in [1.82, 2.24) is 0 Å². The first kappa shape index (κ1) is 13.1. The fourth-order valence-electron chi connectivity index (χ4n) is 1.86. The van der Waals surface area contributed by atoms with E-state index < -0.39 is 4.92 Å². The number of ether oxygens (including phenoxy) is 1. The highest BCUT2D eigenvalue weighted by molar-refractivity contribution is 6.33. The van der Waals surface area contributed by atoms with Crippen LogP contribution in [0.4, 0.5) is 11.4 Å². The number of halogens is 1. The van der Waals surface area contributed by atoms with E-state index in [2.05, 4.69) is 12.2 Å². The van der Waals surface area contributed by atoms with Crippen molar-refractivity contribution < 1.29 is 9.66 Å². The molecular weight excluding hydrogens is 256 g/mol. The molecule has 0 aliphatic carbocycles. The van der Waals surface area contributed by atoms with Gasteiger partial charge in [-0.1, -0.05) is 18.5 Å². The Bertz CT molecular complexity index is 486. The van der Waals surface area contributed by atoms with E-state index >= 15 is 0 Å². The van der Waals surface area contributed by atoms with E-state index in [1.54, 1.807) is 6.07 Å². The van der Waals surface area contributed by atoms with Gasteiger partial charge >= 0.3 is 0 Å². The number of benzene rings is 1. The number of hydrogen-bond donors (Lipinski definition) is 1. The highest BCUT2D eigenvalue weighted by atomic mass is 35.5. The van der Waals surface area contributed by atoms with Crippen LogP contribution < -0.4 is 5.32 Å². The molecule has 1 aromatic rings. The molecule has 1 aliphatic rings. The first-order valence-electron chi connectivity index (χ1n) is 5.67. The highest BCUT2D eigenvalue weighted by Gasteiger charge is 2.33. The highest BCUT2D eigenvalue weighted by Crippen LogP contribution is 2.32. The lowest BCUT2D eigenvalue weighted by molar-refractivity contribution is -0.384. The molecule has 0 bridgehead atoms. The van der Waals surface area contributed by atoms with Crippen molar-refractivity contribution >= 4 is 23.0 Å². The van der Waals surface area contributed by atoms with E-state index in [0.717, 1.165) is 31.0 Å². The van der Waals surface area contributed by atoms with Crippen molar-refractivity contribution in [3.8, 4) is 0 Å². The third-order valence-electron chi connectivity index (χ3n) is 3.10. The molecule has 1 fully saturated rings. The summed E-state index contributed by atoms with van der Waals surface area (Å²) in [5.74, 6) is 0. The van der Waals surface area contributed by atoms with Crippen LogP contribution >= 0.6 is 11.6 Å². The molecule has 1 aromatic carbocycles. The second-order valence-electron chi connectivity index (χ2n) is 5.03. The van der Waals surface area contributed by atoms with Crippen molar-refractivity contribution in [3.05, 3.63) is 32.8 Å². The van der Waals surface area contributed by atoms with E-state index in [1.807, 2.05) is 6.92 Å². The first-order chi connectivity index (χ1) is 8.41. The predicted octanol–water partition coefficient (Wildman–Crippen LogP) is 3.01. The maximum absolute atomic E-state index is 10.7. The smallest absolute Gasteiger partial charge is 0.288 e. The monoisotopic (exact) mass is 270 g/mol. The normalized spacial score (nSPS) is 17.1. The molecule has 1 heterocycles. The largest absolute Gasteiger partial charge is 0.384 e. The minimum absolute atomic E-state index is 0.0575. The standard InChI is InChI=1S/C12H15ClN2O3/c1-8-3-11(15(16)17)9(13)4-10(8)14-5-12(2)6-18-7-12/h3-4,14H,5-7H2,1-2H3. The fourth-order valence-corrected chi connectivity index (χ4v) is 2.09. The molecule has 1 saturated heterocycles. The molecule has 0 spiro atoms. The molecular formula is C12H15ClN2O3. The zero-order chi connectivity index (χ0) is 13.3. The maximum atomic E-state index is 10.7. The van der Waals surface area contributed by atoms with Crippen LogP contribution in [0.15, 0.2) is 12.1 Å². The SMILES string of the molecule is Cc1cc([N+](=O)[O-])c(Cl)cc1NCC1(C)COC1. The molecule has 1 N–H and O–H groups in total. The Morgan fingerprint density at radius 2 is 2.22 bits per heavy atom. The van der Waals surface area contributed by atoms with Gasteiger partial charge in [-0.2, -0.15) is 0 Å². The number of rotatable bonds is 4.